The summed E-state index contributed by atoms with van der Waals surface area (Å²) in [4.78, 5) is 9.09. The highest BCUT2D eigenvalue weighted by molar-refractivity contribution is 9.10. The number of aliphatic imine (C=N–C) groups is 1. The minimum Gasteiger partial charge on any atom is -0.472 e. The third-order valence-corrected chi connectivity index (χ3v) is 3.84. The summed E-state index contributed by atoms with van der Waals surface area (Å²) >= 11 is 3.40. The van der Waals surface area contributed by atoms with Gasteiger partial charge in [0, 0.05) is 0 Å². The molecule has 0 aliphatic heterocycles. The number of aromatic nitrogens is 1. The smallest absolute Gasteiger partial charge is 0.236 e. The zero-order valence-corrected chi connectivity index (χ0v) is 14.7. The summed E-state index contributed by atoms with van der Waals surface area (Å²) in [6.07, 6.45) is 0. The van der Waals surface area contributed by atoms with E-state index in [9.17, 15) is 0 Å². The largest absolute Gasteiger partial charge is 0.472 e. The molecule has 1 aromatic heterocycles. The van der Waals surface area contributed by atoms with Crippen LogP contribution in [0.1, 0.15) is 16.8 Å². The maximum atomic E-state index is 5.96. The minimum absolute atomic E-state index is 0.461. The third-order valence-electron chi connectivity index (χ3n) is 3.40. The van der Waals surface area contributed by atoms with Gasteiger partial charge in [-0.25, -0.2) is 9.98 Å². The summed E-state index contributed by atoms with van der Waals surface area (Å²) in [6, 6.07) is 25.9. The summed E-state index contributed by atoms with van der Waals surface area (Å²) in [6.45, 7) is 1.02. The molecule has 3 nitrogen and oxygen atoms in total. The van der Waals surface area contributed by atoms with Crippen LogP contribution in [0.3, 0.4) is 0 Å². The molecule has 120 valence electrons. The maximum absolute atomic E-state index is 5.96. The van der Waals surface area contributed by atoms with Gasteiger partial charge in [0.1, 0.15) is 16.9 Å². The van der Waals surface area contributed by atoms with E-state index in [2.05, 4.69) is 25.9 Å². The molecule has 0 spiro atoms. The molecule has 0 amide bonds. The maximum Gasteiger partial charge on any atom is 0.236 e. The van der Waals surface area contributed by atoms with Crippen LogP contribution in [0.4, 0.5) is 0 Å². The SMILES string of the molecule is Brc1cccc(C(=NCc2ccccc2)OCc2ccccc2)n1. The third kappa shape index (κ3) is 4.77. The molecule has 0 saturated carbocycles. The molecule has 0 unspecified atom stereocenters. The Labute approximate surface area is 150 Å². The molecular formula is C20H17BrN2O. The first-order valence-corrected chi connectivity index (χ1v) is 8.48. The first kappa shape index (κ1) is 16.4. The fourth-order valence-corrected chi connectivity index (χ4v) is 2.54. The summed E-state index contributed by atoms with van der Waals surface area (Å²) in [5, 5.41) is 0. The number of nitrogens with zero attached hydrogens (tertiary/aromatic N) is 2. The fourth-order valence-electron chi connectivity index (χ4n) is 2.20. The molecule has 0 aliphatic carbocycles. The van der Waals surface area contributed by atoms with E-state index in [1.807, 2.05) is 78.9 Å². The molecule has 0 N–H and O–H groups in total. The van der Waals surface area contributed by atoms with E-state index < -0.39 is 0 Å². The summed E-state index contributed by atoms with van der Waals surface area (Å²) < 4.78 is 6.72. The van der Waals surface area contributed by atoms with Crippen LogP contribution >= 0.6 is 15.9 Å². The van der Waals surface area contributed by atoms with Crippen LogP contribution in [0.15, 0.2) is 88.5 Å². The topological polar surface area (TPSA) is 34.5 Å². The molecule has 0 atom stereocenters. The van der Waals surface area contributed by atoms with Gasteiger partial charge in [0.25, 0.3) is 0 Å². The summed E-state index contributed by atoms with van der Waals surface area (Å²) in [7, 11) is 0. The van der Waals surface area contributed by atoms with Crippen LogP contribution in [0, 0.1) is 0 Å². The first-order chi connectivity index (χ1) is 11.8. The van der Waals surface area contributed by atoms with E-state index in [0.717, 1.165) is 21.4 Å². The van der Waals surface area contributed by atoms with Crippen molar-refractivity contribution in [2.24, 2.45) is 4.99 Å². The highest BCUT2D eigenvalue weighted by Gasteiger charge is 2.08. The van der Waals surface area contributed by atoms with Crippen molar-refractivity contribution in [3.63, 3.8) is 0 Å². The average Bonchev–Trinajstić information content (AvgIpc) is 2.63. The van der Waals surface area contributed by atoms with Crippen LogP contribution in [0.25, 0.3) is 0 Å². The molecule has 4 heteroatoms. The van der Waals surface area contributed by atoms with E-state index in [4.69, 9.17) is 4.74 Å². The predicted octanol–water partition coefficient (Wildman–Crippen LogP) is 5.01. The van der Waals surface area contributed by atoms with Gasteiger partial charge in [-0.15, -0.1) is 0 Å². The molecule has 24 heavy (non-hydrogen) atoms. The van der Waals surface area contributed by atoms with Crippen LogP contribution < -0.4 is 0 Å². The van der Waals surface area contributed by atoms with Crippen LogP contribution in [0.2, 0.25) is 0 Å². The second-order valence-corrected chi connectivity index (χ2v) is 6.04. The molecule has 0 aliphatic rings. The lowest BCUT2D eigenvalue weighted by atomic mass is 10.2. The Morgan fingerprint density at radius 3 is 2.17 bits per heavy atom. The number of ether oxygens (including phenoxy) is 1. The standard InChI is InChI=1S/C20H17BrN2O/c21-19-13-7-12-18(23-19)20(22-14-16-8-3-1-4-9-16)24-15-17-10-5-2-6-11-17/h1-13H,14-15H2. The van der Waals surface area contributed by atoms with Crippen LogP contribution in [0.5, 0.6) is 0 Å². The Morgan fingerprint density at radius 1 is 0.833 bits per heavy atom. The van der Waals surface area contributed by atoms with Crippen LogP contribution in [-0.4, -0.2) is 10.9 Å². The zero-order valence-electron chi connectivity index (χ0n) is 13.1. The van der Waals surface area contributed by atoms with E-state index in [-0.39, 0.29) is 0 Å². The van der Waals surface area contributed by atoms with E-state index >= 15 is 0 Å². The van der Waals surface area contributed by atoms with Gasteiger partial charge < -0.3 is 4.74 Å². The molecule has 0 radical (unpaired) electrons. The molecule has 1 heterocycles. The molecule has 3 rings (SSSR count). The van der Waals surface area contributed by atoms with Gasteiger partial charge >= 0.3 is 0 Å². The van der Waals surface area contributed by atoms with Gasteiger partial charge in [0.2, 0.25) is 5.90 Å². The molecule has 0 saturated heterocycles. The van der Waals surface area contributed by atoms with Gasteiger partial charge in [-0.2, -0.15) is 0 Å². The fraction of sp³-hybridized carbons (Fsp3) is 0.100. The number of halogens is 1. The lowest BCUT2D eigenvalue weighted by molar-refractivity contribution is 0.291. The normalized spacial score (nSPS) is 11.3. The lowest BCUT2D eigenvalue weighted by Crippen LogP contribution is -2.10. The zero-order chi connectivity index (χ0) is 16.6. The lowest BCUT2D eigenvalue weighted by Gasteiger charge is -2.10. The Bertz CT molecular complexity index is 804. The first-order valence-electron chi connectivity index (χ1n) is 7.69. The van der Waals surface area contributed by atoms with E-state index in [1.165, 1.54) is 0 Å². The van der Waals surface area contributed by atoms with Gasteiger partial charge in [0.05, 0.1) is 6.54 Å². The van der Waals surface area contributed by atoms with Crippen molar-refractivity contribution in [2.75, 3.05) is 0 Å². The molecule has 0 fully saturated rings. The van der Waals surface area contributed by atoms with Gasteiger partial charge in [0.15, 0.2) is 0 Å². The Balaban J connectivity index is 1.80. The molecule has 3 aromatic rings. The van der Waals surface area contributed by atoms with Crippen LogP contribution in [-0.2, 0) is 17.9 Å². The number of benzene rings is 2. The molecule has 2 aromatic carbocycles. The van der Waals surface area contributed by atoms with Gasteiger partial charge in [-0.1, -0.05) is 66.7 Å². The van der Waals surface area contributed by atoms with Gasteiger partial charge in [-0.05, 0) is 39.2 Å². The number of hydrogen-bond donors (Lipinski definition) is 0. The minimum atomic E-state index is 0.461. The Hall–Kier alpha value is -2.46. The van der Waals surface area contributed by atoms with Crippen molar-refractivity contribution < 1.29 is 4.74 Å². The monoisotopic (exact) mass is 380 g/mol. The highest BCUT2D eigenvalue weighted by Crippen LogP contribution is 2.11. The van der Waals surface area contributed by atoms with Crippen molar-refractivity contribution >= 4 is 21.8 Å². The Kier molecular flexibility index (Phi) is 5.75. The second kappa shape index (κ2) is 8.41. The molecular weight excluding hydrogens is 364 g/mol. The predicted molar refractivity (Wildman–Crippen MR) is 99.9 cm³/mol. The van der Waals surface area contributed by atoms with Crippen molar-refractivity contribution in [1.29, 1.82) is 0 Å². The van der Waals surface area contributed by atoms with E-state index in [1.54, 1.807) is 0 Å². The second-order valence-electron chi connectivity index (χ2n) is 5.23. The molecule has 0 bridgehead atoms. The quantitative estimate of drug-likeness (QED) is 0.354. The van der Waals surface area contributed by atoms with E-state index in [0.29, 0.717) is 19.0 Å². The number of rotatable bonds is 5. The Morgan fingerprint density at radius 2 is 1.50 bits per heavy atom. The van der Waals surface area contributed by atoms with Gasteiger partial charge in [-0.3, -0.25) is 0 Å². The number of pyridine rings is 1. The van der Waals surface area contributed by atoms with Crippen molar-refractivity contribution in [1.82, 2.24) is 4.98 Å². The highest BCUT2D eigenvalue weighted by atomic mass is 79.9. The van der Waals surface area contributed by atoms with Crippen molar-refractivity contribution in [3.05, 3.63) is 100 Å². The van der Waals surface area contributed by atoms with Crippen molar-refractivity contribution in [3.8, 4) is 0 Å². The summed E-state index contributed by atoms with van der Waals surface area (Å²) in [5.74, 6) is 0.545. The average molecular weight is 381 g/mol. The summed E-state index contributed by atoms with van der Waals surface area (Å²) in [5.41, 5.74) is 2.95. The van der Waals surface area contributed by atoms with Crippen molar-refractivity contribution in [2.45, 2.75) is 13.2 Å². The number of hydrogen-bond acceptors (Lipinski definition) is 3.